The minimum Gasteiger partial charge on any atom is -0.353 e. The third-order valence-electron chi connectivity index (χ3n) is 4.13. The van der Waals surface area contributed by atoms with E-state index >= 15 is 0 Å². The minimum absolute atomic E-state index is 0.254. The molecule has 0 unspecified atom stereocenters. The molecule has 7 nitrogen and oxygen atoms in total. The van der Waals surface area contributed by atoms with Gasteiger partial charge in [-0.2, -0.15) is 0 Å². The smallest absolute Gasteiger partial charge is 0.222 e. The SMILES string of the molecule is CCCC(=O)N1CCN(c2cc(-n3ccnc3C)ncn2)CC1. The fraction of sp³-hybridized carbons (Fsp3) is 0.500. The van der Waals surface area contributed by atoms with Crippen LogP contribution in [0.15, 0.2) is 24.8 Å². The molecule has 1 saturated heterocycles. The average Bonchev–Trinajstić information content (AvgIpc) is 3.01. The van der Waals surface area contributed by atoms with Crippen molar-refractivity contribution < 1.29 is 4.79 Å². The van der Waals surface area contributed by atoms with Gasteiger partial charge >= 0.3 is 0 Å². The van der Waals surface area contributed by atoms with Gasteiger partial charge in [0.2, 0.25) is 5.91 Å². The molecule has 0 radical (unpaired) electrons. The summed E-state index contributed by atoms with van der Waals surface area (Å²) in [6.45, 7) is 7.09. The molecule has 23 heavy (non-hydrogen) atoms. The predicted molar refractivity (Wildman–Crippen MR) is 87.6 cm³/mol. The van der Waals surface area contributed by atoms with Crippen molar-refractivity contribution >= 4 is 11.7 Å². The van der Waals surface area contributed by atoms with E-state index in [9.17, 15) is 4.79 Å². The summed E-state index contributed by atoms with van der Waals surface area (Å²) in [5, 5.41) is 0. The summed E-state index contributed by atoms with van der Waals surface area (Å²) in [5.74, 6) is 2.86. The normalized spacial score (nSPS) is 15.0. The van der Waals surface area contributed by atoms with Gasteiger partial charge in [-0.25, -0.2) is 15.0 Å². The second-order valence-electron chi connectivity index (χ2n) is 5.70. The van der Waals surface area contributed by atoms with E-state index in [1.807, 2.05) is 35.6 Å². The first-order valence-electron chi connectivity index (χ1n) is 8.04. The number of rotatable bonds is 4. The van der Waals surface area contributed by atoms with Crippen molar-refractivity contribution in [2.75, 3.05) is 31.1 Å². The number of hydrogen-bond donors (Lipinski definition) is 0. The van der Waals surface area contributed by atoms with E-state index < -0.39 is 0 Å². The van der Waals surface area contributed by atoms with Crippen molar-refractivity contribution in [2.24, 2.45) is 0 Å². The summed E-state index contributed by atoms with van der Waals surface area (Å²) in [7, 11) is 0. The second kappa shape index (κ2) is 6.76. The van der Waals surface area contributed by atoms with Gasteiger partial charge in [0.25, 0.3) is 0 Å². The molecule has 1 aliphatic rings. The highest BCUT2D eigenvalue weighted by Gasteiger charge is 2.21. The summed E-state index contributed by atoms with van der Waals surface area (Å²) in [5.41, 5.74) is 0. The first-order chi connectivity index (χ1) is 11.2. The Morgan fingerprint density at radius 3 is 2.52 bits per heavy atom. The van der Waals surface area contributed by atoms with Crippen molar-refractivity contribution in [1.29, 1.82) is 0 Å². The van der Waals surface area contributed by atoms with Crippen LogP contribution in [0.1, 0.15) is 25.6 Å². The van der Waals surface area contributed by atoms with Crippen LogP contribution in [0.5, 0.6) is 0 Å². The number of imidazole rings is 1. The van der Waals surface area contributed by atoms with Gasteiger partial charge in [-0.3, -0.25) is 9.36 Å². The van der Waals surface area contributed by atoms with Crippen LogP contribution in [0.4, 0.5) is 5.82 Å². The number of aryl methyl sites for hydroxylation is 1. The van der Waals surface area contributed by atoms with Gasteiger partial charge in [-0.15, -0.1) is 0 Å². The lowest BCUT2D eigenvalue weighted by atomic mass is 10.2. The number of anilines is 1. The molecule has 3 heterocycles. The van der Waals surface area contributed by atoms with Gasteiger partial charge in [-0.1, -0.05) is 6.92 Å². The van der Waals surface area contributed by atoms with Crippen LogP contribution in [-0.4, -0.2) is 56.5 Å². The van der Waals surface area contributed by atoms with E-state index in [1.54, 1.807) is 12.5 Å². The maximum Gasteiger partial charge on any atom is 0.222 e. The van der Waals surface area contributed by atoms with Gasteiger partial charge in [0, 0.05) is 51.1 Å². The third-order valence-corrected chi connectivity index (χ3v) is 4.13. The van der Waals surface area contributed by atoms with Crippen molar-refractivity contribution in [3.8, 4) is 5.82 Å². The number of nitrogens with zero attached hydrogens (tertiary/aromatic N) is 6. The summed E-state index contributed by atoms with van der Waals surface area (Å²) in [6, 6.07) is 1.97. The van der Waals surface area contributed by atoms with E-state index in [-0.39, 0.29) is 5.91 Å². The average molecular weight is 314 g/mol. The number of carbonyl (C=O) groups is 1. The van der Waals surface area contributed by atoms with Gasteiger partial charge in [0.1, 0.15) is 23.8 Å². The highest BCUT2D eigenvalue weighted by atomic mass is 16.2. The zero-order valence-corrected chi connectivity index (χ0v) is 13.6. The zero-order chi connectivity index (χ0) is 16.2. The topological polar surface area (TPSA) is 67.2 Å². The van der Waals surface area contributed by atoms with Crippen LogP contribution in [0.3, 0.4) is 0 Å². The van der Waals surface area contributed by atoms with E-state index in [4.69, 9.17) is 0 Å². The number of aromatic nitrogens is 4. The molecule has 1 amide bonds. The van der Waals surface area contributed by atoms with Crippen LogP contribution in [0.25, 0.3) is 5.82 Å². The van der Waals surface area contributed by atoms with Gasteiger partial charge in [0.05, 0.1) is 0 Å². The fourth-order valence-corrected chi connectivity index (χ4v) is 2.82. The molecule has 0 spiro atoms. The van der Waals surface area contributed by atoms with Crippen molar-refractivity contribution in [3.63, 3.8) is 0 Å². The highest BCUT2D eigenvalue weighted by molar-refractivity contribution is 5.76. The van der Waals surface area contributed by atoms with Gasteiger partial charge in [0.15, 0.2) is 0 Å². The van der Waals surface area contributed by atoms with Crippen molar-refractivity contribution in [1.82, 2.24) is 24.4 Å². The molecule has 0 atom stereocenters. The molecule has 7 heteroatoms. The molecule has 0 bridgehead atoms. The van der Waals surface area contributed by atoms with E-state index in [1.165, 1.54) is 0 Å². The Labute approximate surface area is 136 Å². The summed E-state index contributed by atoms with van der Waals surface area (Å²) >= 11 is 0. The highest BCUT2D eigenvalue weighted by Crippen LogP contribution is 2.17. The summed E-state index contributed by atoms with van der Waals surface area (Å²) in [6.07, 6.45) is 6.77. The van der Waals surface area contributed by atoms with Crippen molar-refractivity contribution in [3.05, 3.63) is 30.6 Å². The van der Waals surface area contributed by atoms with Crippen LogP contribution in [0.2, 0.25) is 0 Å². The lowest BCUT2D eigenvalue weighted by Gasteiger charge is -2.35. The first-order valence-corrected chi connectivity index (χ1v) is 8.04. The maximum absolute atomic E-state index is 12.0. The molecule has 2 aromatic rings. The van der Waals surface area contributed by atoms with Gasteiger partial charge < -0.3 is 9.80 Å². The quantitative estimate of drug-likeness (QED) is 0.854. The van der Waals surface area contributed by atoms with E-state index in [2.05, 4.69) is 19.9 Å². The predicted octanol–water partition coefficient (Wildman–Crippen LogP) is 1.42. The van der Waals surface area contributed by atoms with Crippen LogP contribution >= 0.6 is 0 Å². The molecular weight excluding hydrogens is 292 g/mol. The zero-order valence-electron chi connectivity index (χ0n) is 13.6. The minimum atomic E-state index is 0.254. The summed E-state index contributed by atoms with van der Waals surface area (Å²) < 4.78 is 1.94. The summed E-state index contributed by atoms with van der Waals surface area (Å²) in [4.78, 5) is 29.0. The Hall–Kier alpha value is -2.44. The molecule has 0 aliphatic carbocycles. The Kier molecular flexibility index (Phi) is 4.55. The first kappa shape index (κ1) is 15.5. The van der Waals surface area contributed by atoms with E-state index in [0.717, 1.165) is 50.1 Å². The molecule has 1 fully saturated rings. The molecule has 1 aliphatic heterocycles. The number of hydrogen-bond acceptors (Lipinski definition) is 5. The number of piperazine rings is 1. The number of amides is 1. The molecule has 122 valence electrons. The second-order valence-corrected chi connectivity index (χ2v) is 5.70. The van der Waals surface area contributed by atoms with E-state index in [0.29, 0.717) is 6.42 Å². The van der Waals surface area contributed by atoms with Crippen LogP contribution in [-0.2, 0) is 4.79 Å². The van der Waals surface area contributed by atoms with Crippen molar-refractivity contribution in [2.45, 2.75) is 26.7 Å². The third kappa shape index (κ3) is 3.33. The molecule has 0 saturated carbocycles. The Morgan fingerprint density at radius 2 is 1.87 bits per heavy atom. The maximum atomic E-state index is 12.0. The van der Waals surface area contributed by atoms with Crippen LogP contribution < -0.4 is 4.90 Å². The lowest BCUT2D eigenvalue weighted by molar-refractivity contribution is -0.131. The Balaban J connectivity index is 1.70. The molecule has 0 N–H and O–H groups in total. The standard InChI is InChI=1S/C16H22N6O/c1-3-4-16(23)21-9-7-20(8-10-21)14-11-15(19-12-18-14)22-6-5-17-13(22)2/h5-6,11-12H,3-4,7-10H2,1-2H3. The largest absolute Gasteiger partial charge is 0.353 e. The lowest BCUT2D eigenvalue weighted by Crippen LogP contribution is -2.49. The molecular formula is C16H22N6O. The Bertz CT molecular complexity index is 675. The Morgan fingerprint density at radius 1 is 1.13 bits per heavy atom. The fourth-order valence-electron chi connectivity index (χ4n) is 2.82. The molecule has 2 aromatic heterocycles. The number of carbonyl (C=O) groups excluding carboxylic acids is 1. The van der Waals surface area contributed by atoms with Gasteiger partial charge in [-0.05, 0) is 13.3 Å². The van der Waals surface area contributed by atoms with Crippen LogP contribution in [0, 0.1) is 6.92 Å². The monoisotopic (exact) mass is 314 g/mol. The molecule has 3 rings (SSSR count). The molecule has 0 aromatic carbocycles.